The van der Waals surface area contributed by atoms with Crippen molar-refractivity contribution in [1.82, 2.24) is 0 Å². The van der Waals surface area contributed by atoms with Crippen molar-refractivity contribution < 1.29 is 32.6 Å². The van der Waals surface area contributed by atoms with Crippen LogP contribution in [0.2, 0.25) is 0 Å². The van der Waals surface area contributed by atoms with Gasteiger partial charge in [-0.15, -0.1) is 0 Å². The van der Waals surface area contributed by atoms with Crippen molar-refractivity contribution >= 4 is 15.6 Å². The fourth-order valence-corrected chi connectivity index (χ4v) is 1.80. The SMILES string of the molecule is CC=COP(=O)(O)OP(=O)(O)O. The van der Waals surface area contributed by atoms with Gasteiger partial charge in [0.15, 0.2) is 0 Å². The van der Waals surface area contributed by atoms with Crippen molar-refractivity contribution in [1.29, 1.82) is 0 Å². The molecule has 0 amide bonds. The second kappa shape index (κ2) is 4.18. The Morgan fingerprint density at radius 2 is 1.75 bits per heavy atom. The summed E-state index contributed by atoms with van der Waals surface area (Å²) in [5, 5.41) is 0. The summed E-state index contributed by atoms with van der Waals surface area (Å²) < 4.78 is 28.0. The molecule has 0 aromatic rings. The van der Waals surface area contributed by atoms with Crippen molar-refractivity contribution in [3.05, 3.63) is 12.3 Å². The van der Waals surface area contributed by atoms with Crippen LogP contribution in [-0.2, 0) is 18.0 Å². The first kappa shape index (κ1) is 11.8. The zero-order valence-electron chi connectivity index (χ0n) is 6.02. The van der Waals surface area contributed by atoms with Crippen molar-refractivity contribution in [3.8, 4) is 0 Å². The van der Waals surface area contributed by atoms with Crippen LogP contribution in [0, 0.1) is 0 Å². The zero-order valence-corrected chi connectivity index (χ0v) is 7.81. The number of rotatable bonds is 4. The largest absolute Gasteiger partial charge is 0.535 e. The van der Waals surface area contributed by atoms with Crippen LogP contribution in [0.4, 0.5) is 0 Å². The van der Waals surface area contributed by atoms with Gasteiger partial charge in [-0.2, -0.15) is 4.31 Å². The minimum absolute atomic E-state index is 0.788. The first-order valence-electron chi connectivity index (χ1n) is 2.66. The summed E-state index contributed by atoms with van der Waals surface area (Å²) in [7, 11) is -9.68. The lowest BCUT2D eigenvalue weighted by Gasteiger charge is -2.09. The Labute approximate surface area is 68.5 Å². The van der Waals surface area contributed by atoms with Gasteiger partial charge >= 0.3 is 15.6 Å². The maximum absolute atomic E-state index is 10.6. The Balaban J connectivity index is 4.24. The fraction of sp³-hybridized carbons (Fsp3) is 0.333. The predicted octanol–water partition coefficient (Wildman–Crippen LogP) is 0.746. The van der Waals surface area contributed by atoms with E-state index >= 15 is 0 Å². The van der Waals surface area contributed by atoms with Gasteiger partial charge in [0, 0.05) is 0 Å². The molecule has 0 aliphatic rings. The molecule has 12 heavy (non-hydrogen) atoms. The molecule has 0 aliphatic heterocycles. The van der Waals surface area contributed by atoms with Crippen LogP contribution in [0.25, 0.3) is 0 Å². The van der Waals surface area contributed by atoms with E-state index in [0.717, 1.165) is 6.26 Å². The molecule has 0 rings (SSSR count). The molecule has 0 fully saturated rings. The average Bonchev–Trinajstić information content (AvgIpc) is 1.78. The molecular weight excluding hydrogens is 210 g/mol. The third-order valence-corrected chi connectivity index (χ3v) is 2.60. The fourth-order valence-electron chi connectivity index (χ4n) is 0.291. The summed E-state index contributed by atoms with van der Waals surface area (Å²) in [6.07, 6.45) is 2.04. The molecular formula is C3H8O7P2. The van der Waals surface area contributed by atoms with Gasteiger partial charge in [-0.1, -0.05) is 6.08 Å². The Bertz CT molecular complexity index is 251. The number of hydrogen-bond donors (Lipinski definition) is 3. The van der Waals surface area contributed by atoms with E-state index < -0.39 is 15.6 Å². The number of phosphoric acid groups is 2. The highest BCUT2D eigenvalue weighted by Crippen LogP contribution is 2.57. The molecule has 0 spiro atoms. The van der Waals surface area contributed by atoms with E-state index in [0.29, 0.717) is 0 Å². The lowest BCUT2D eigenvalue weighted by molar-refractivity contribution is 0.217. The molecule has 7 nitrogen and oxygen atoms in total. The summed E-state index contributed by atoms with van der Waals surface area (Å²) in [6.45, 7) is 1.48. The maximum Gasteiger partial charge on any atom is 0.535 e. The van der Waals surface area contributed by atoms with Crippen molar-refractivity contribution in [2.75, 3.05) is 0 Å². The van der Waals surface area contributed by atoms with E-state index in [4.69, 9.17) is 14.7 Å². The first-order valence-corrected chi connectivity index (χ1v) is 5.68. The summed E-state index contributed by atoms with van der Waals surface area (Å²) in [5.74, 6) is 0. The highest BCUT2D eigenvalue weighted by molar-refractivity contribution is 7.60. The van der Waals surface area contributed by atoms with Crippen LogP contribution in [0.1, 0.15) is 6.92 Å². The third kappa shape index (κ3) is 6.54. The van der Waals surface area contributed by atoms with Gasteiger partial charge in [-0.25, -0.2) is 9.13 Å². The second-order valence-electron chi connectivity index (χ2n) is 1.62. The summed E-state index contributed by atoms with van der Waals surface area (Å²) in [5.41, 5.74) is 0. The van der Waals surface area contributed by atoms with Gasteiger partial charge in [0.1, 0.15) is 0 Å². The van der Waals surface area contributed by atoms with Crippen LogP contribution < -0.4 is 0 Å². The first-order chi connectivity index (χ1) is 5.27. The Morgan fingerprint density at radius 1 is 1.25 bits per heavy atom. The van der Waals surface area contributed by atoms with E-state index in [9.17, 15) is 9.13 Å². The molecule has 1 atom stereocenters. The van der Waals surface area contributed by atoms with E-state index in [1.54, 1.807) is 0 Å². The van der Waals surface area contributed by atoms with Gasteiger partial charge < -0.3 is 14.3 Å². The standard InChI is InChI=1S/C3H8O7P2/c1-2-3-9-12(7,8)10-11(4,5)6/h2-3H,1H3,(H,7,8)(H2,4,5,6). The molecule has 0 aliphatic carbocycles. The van der Waals surface area contributed by atoms with Crippen molar-refractivity contribution in [2.24, 2.45) is 0 Å². The quantitative estimate of drug-likeness (QED) is 0.471. The highest BCUT2D eigenvalue weighted by atomic mass is 31.3. The molecule has 0 saturated heterocycles. The second-order valence-corrected chi connectivity index (χ2v) is 4.40. The summed E-state index contributed by atoms with van der Waals surface area (Å²) >= 11 is 0. The molecule has 0 bridgehead atoms. The van der Waals surface area contributed by atoms with E-state index in [2.05, 4.69) is 8.83 Å². The van der Waals surface area contributed by atoms with Gasteiger partial charge in [-0.3, -0.25) is 4.89 Å². The summed E-state index contributed by atoms with van der Waals surface area (Å²) in [4.78, 5) is 24.8. The Kier molecular flexibility index (Phi) is 4.13. The highest BCUT2D eigenvalue weighted by Gasteiger charge is 2.32. The Morgan fingerprint density at radius 3 is 2.08 bits per heavy atom. The number of hydrogen-bond acceptors (Lipinski definition) is 4. The molecule has 3 N–H and O–H groups in total. The van der Waals surface area contributed by atoms with Crippen LogP contribution >= 0.6 is 15.6 Å². The van der Waals surface area contributed by atoms with Gasteiger partial charge in [0.25, 0.3) is 0 Å². The number of allylic oxidation sites excluding steroid dienone is 1. The molecule has 0 aromatic carbocycles. The third-order valence-electron chi connectivity index (χ3n) is 0.540. The smallest absolute Gasteiger partial charge is 0.412 e. The van der Waals surface area contributed by atoms with Crippen LogP contribution in [-0.4, -0.2) is 14.7 Å². The lowest BCUT2D eigenvalue weighted by Crippen LogP contribution is -1.88. The monoisotopic (exact) mass is 218 g/mol. The normalized spacial score (nSPS) is 17.7. The molecule has 1 unspecified atom stereocenters. The lowest BCUT2D eigenvalue weighted by atomic mass is 10.8. The molecule has 0 aromatic heterocycles. The van der Waals surface area contributed by atoms with Crippen molar-refractivity contribution in [3.63, 3.8) is 0 Å². The Hall–Kier alpha value is -0.160. The minimum Gasteiger partial charge on any atom is -0.412 e. The van der Waals surface area contributed by atoms with E-state index in [1.165, 1.54) is 13.0 Å². The van der Waals surface area contributed by atoms with Crippen LogP contribution in [0.5, 0.6) is 0 Å². The van der Waals surface area contributed by atoms with Gasteiger partial charge in [0.2, 0.25) is 0 Å². The van der Waals surface area contributed by atoms with Crippen LogP contribution in [0.3, 0.4) is 0 Å². The molecule has 72 valence electrons. The summed E-state index contributed by atoms with van der Waals surface area (Å²) in [6, 6.07) is 0. The van der Waals surface area contributed by atoms with Crippen LogP contribution in [0.15, 0.2) is 12.3 Å². The van der Waals surface area contributed by atoms with Gasteiger partial charge in [0.05, 0.1) is 6.26 Å². The topological polar surface area (TPSA) is 113 Å². The van der Waals surface area contributed by atoms with E-state index in [1.807, 2.05) is 0 Å². The van der Waals surface area contributed by atoms with E-state index in [-0.39, 0.29) is 0 Å². The van der Waals surface area contributed by atoms with Gasteiger partial charge in [-0.05, 0) is 6.92 Å². The molecule has 0 saturated carbocycles. The maximum atomic E-state index is 10.6. The molecule has 0 radical (unpaired) electrons. The molecule has 0 heterocycles. The zero-order chi connectivity index (χ0) is 9.83. The molecule has 9 heteroatoms. The average molecular weight is 218 g/mol. The number of phosphoric ester groups is 1. The predicted molar refractivity (Wildman–Crippen MR) is 38.9 cm³/mol. The minimum atomic E-state index is -5.00. The van der Waals surface area contributed by atoms with Crippen molar-refractivity contribution in [2.45, 2.75) is 6.92 Å².